The van der Waals surface area contributed by atoms with E-state index in [9.17, 15) is 18.0 Å². The number of hydrogen-bond acceptors (Lipinski definition) is 5. The van der Waals surface area contributed by atoms with Crippen LogP contribution in [0.3, 0.4) is 0 Å². The van der Waals surface area contributed by atoms with Crippen molar-refractivity contribution < 1.29 is 27.4 Å². The highest BCUT2D eigenvalue weighted by molar-refractivity contribution is 5.99. The van der Waals surface area contributed by atoms with Gasteiger partial charge in [0.15, 0.2) is 17.5 Å². The molecule has 2 heterocycles. The van der Waals surface area contributed by atoms with Gasteiger partial charge < -0.3 is 20.1 Å². The number of alkyl halides is 3. The first kappa shape index (κ1) is 21.3. The van der Waals surface area contributed by atoms with Crippen molar-refractivity contribution in [2.45, 2.75) is 56.4 Å². The zero-order valence-electron chi connectivity index (χ0n) is 17.3. The van der Waals surface area contributed by atoms with Crippen LogP contribution in [0.25, 0.3) is 0 Å². The average Bonchev–Trinajstić information content (AvgIpc) is 3.41. The molecule has 1 saturated carbocycles. The summed E-state index contributed by atoms with van der Waals surface area (Å²) in [4.78, 5) is 12.8. The van der Waals surface area contributed by atoms with Crippen LogP contribution < -0.4 is 20.1 Å². The zero-order valence-corrected chi connectivity index (χ0v) is 17.3. The fourth-order valence-corrected chi connectivity index (χ4v) is 4.35. The maximum absolute atomic E-state index is 13.9. The molecule has 1 amide bonds. The molecule has 0 bridgehead atoms. The van der Waals surface area contributed by atoms with Crippen molar-refractivity contribution in [3.8, 4) is 11.5 Å². The second kappa shape index (κ2) is 8.32. The third-order valence-electron chi connectivity index (χ3n) is 5.98. The molecule has 0 radical (unpaired) electrons. The molecule has 2 atom stereocenters. The molecule has 2 aromatic rings. The molecule has 2 N–H and O–H groups in total. The Morgan fingerprint density at radius 1 is 1.19 bits per heavy atom. The van der Waals surface area contributed by atoms with E-state index in [0.29, 0.717) is 17.1 Å². The fraction of sp³-hybridized carbons (Fsp3) is 0.524. The van der Waals surface area contributed by atoms with Crippen LogP contribution in [-0.2, 0) is 0 Å². The Labute approximate surface area is 177 Å². The molecule has 0 spiro atoms. The molecule has 168 valence electrons. The first-order chi connectivity index (χ1) is 14.8. The molecular formula is C21H25F3N4O3. The van der Waals surface area contributed by atoms with Crippen LogP contribution >= 0.6 is 0 Å². The summed E-state index contributed by atoms with van der Waals surface area (Å²) in [7, 11) is 2.96. The molecule has 1 fully saturated rings. The third-order valence-corrected chi connectivity index (χ3v) is 5.98. The van der Waals surface area contributed by atoms with Crippen LogP contribution in [0.1, 0.15) is 60.1 Å². The van der Waals surface area contributed by atoms with Gasteiger partial charge in [-0.05, 0) is 30.5 Å². The zero-order chi connectivity index (χ0) is 22.2. The molecule has 1 aromatic heterocycles. The summed E-state index contributed by atoms with van der Waals surface area (Å²) in [5.74, 6) is 0.568. The van der Waals surface area contributed by atoms with Gasteiger partial charge in [0, 0.05) is 12.5 Å². The summed E-state index contributed by atoms with van der Waals surface area (Å²) in [6.45, 7) is 0. The molecule has 31 heavy (non-hydrogen) atoms. The summed E-state index contributed by atoms with van der Waals surface area (Å²) in [5.41, 5.74) is 0.716. The average molecular weight is 438 g/mol. The number of nitrogens with one attached hydrogen (secondary N) is 2. The van der Waals surface area contributed by atoms with Crippen molar-refractivity contribution in [2.75, 3.05) is 19.5 Å². The summed E-state index contributed by atoms with van der Waals surface area (Å²) >= 11 is 0. The van der Waals surface area contributed by atoms with E-state index in [4.69, 9.17) is 9.47 Å². The molecule has 7 nitrogen and oxygen atoms in total. The number of rotatable bonds is 5. The standard InChI is InChI=1S/C21H25F3N4O3/c1-30-16-8-7-12(9-17(16)31-2)15-10-18(21(22,23)24)28-19(27-15)14(11-25-28)20(29)26-13-5-3-4-6-13/h7-9,11,13,15,18,27H,3-6,10H2,1-2H3,(H,26,29)/t15-,18+/m1/s1. The van der Waals surface area contributed by atoms with Crippen molar-refractivity contribution in [2.24, 2.45) is 0 Å². The van der Waals surface area contributed by atoms with E-state index in [1.165, 1.54) is 20.4 Å². The quantitative estimate of drug-likeness (QED) is 0.731. The molecule has 1 aliphatic heterocycles. The molecule has 0 unspecified atom stereocenters. The largest absolute Gasteiger partial charge is 0.493 e. The van der Waals surface area contributed by atoms with Gasteiger partial charge >= 0.3 is 6.18 Å². The first-order valence-corrected chi connectivity index (χ1v) is 10.3. The third kappa shape index (κ3) is 4.15. The number of hydrogen-bond donors (Lipinski definition) is 2. The number of amides is 1. The fourth-order valence-electron chi connectivity index (χ4n) is 4.35. The van der Waals surface area contributed by atoms with Crippen molar-refractivity contribution in [3.05, 3.63) is 35.5 Å². The molecule has 1 aromatic carbocycles. The van der Waals surface area contributed by atoms with Gasteiger partial charge in [0.2, 0.25) is 0 Å². The van der Waals surface area contributed by atoms with Gasteiger partial charge in [0.05, 0.1) is 26.5 Å². The lowest BCUT2D eigenvalue weighted by molar-refractivity contribution is -0.173. The second-order valence-electron chi connectivity index (χ2n) is 7.91. The summed E-state index contributed by atoms with van der Waals surface area (Å²) in [5, 5.41) is 9.94. The number of anilines is 1. The lowest BCUT2D eigenvalue weighted by atomic mass is 9.96. The molecule has 2 aliphatic rings. The van der Waals surface area contributed by atoms with Gasteiger partial charge in [-0.15, -0.1) is 0 Å². The normalized spacial score (nSPS) is 21.3. The summed E-state index contributed by atoms with van der Waals surface area (Å²) < 4.78 is 53.0. The van der Waals surface area contributed by atoms with Crippen molar-refractivity contribution in [3.63, 3.8) is 0 Å². The van der Waals surface area contributed by atoms with E-state index in [1.54, 1.807) is 18.2 Å². The van der Waals surface area contributed by atoms with Crippen LogP contribution in [0, 0.1) is 0 Å². The lowest BCUT2D eigenvalue weighted by Crippen LogP contribution is -2.37. The number of carbonyl (C=O) groups is 1. The van der Waals surface area contributed by atoms with Crippen LogP contribution in [0.5, 0.6) is 11.5 Å². The molecule has 10 heteroatoms. The maximum Gasteiger partial charge on any atom is 0.410 e. The summed E-state index contributed by atoms with van der Waals surface area (Å²) in [6.07, 6.45) is 0.250. The smallest absolute Gasteiger partial charge is 0.410 e. The highest BCUT2D eigenvalue weighted by Crippen LogP contribution is 2.45. The van der Waals surface area contributed by atoms with Crippen LogP contribution in [0.15, 0.2) is 24.4 Å². The Kier molecular flexibility index (Phi) is 5.72. The molecule has 4 rings (SSSR count). The van der Waals surface area contributed by atoms with Crippen LogP contribution in [0.2, 0.25) is 0 Å². The van der Waals surface area contributed by atoms with Gasteiger partial charge in [0.1, 0.15) is 11.4 Å². The Morgan fingerprint density at radius 3 is 2.55 bits per heavy atom. The molecular weight excluding hydrogens is 413 g/mol. The number of nitrogens with zero attached hydrogens (tertiary/aromatic N) is 2. The van der Waals surface area contributed by atoms with Gasteiger partial charge in [-0.2, -0.15) is 18.3 Å². The number of ether oxygens (including phenoxy) is 2. The second-order valence-corrected chi connectivity index (χ2v) is 7.91. The Hall–Kier alpha value is -2.91. The van der Waals surface area contributed by atoms with E-state index < -0.39 is 24.2 Å². The number of halogens is 3. The summed E-state index contributed by atoms with van der Waals surface area (Å²) in [6, 6.07) is 2.50. The van der Waals surface area contributed by atoms with Crippen molar-refractivity contribution in [1.29, 1.82) is 0 Å². The Morgan fingerprint density at radius 2 is 1.90 bits per heavy atom. The minimum Gasteiger partial charge on any atom is -0.493 e. The number of benzene rings is 1. The van der Waals surface area contributed by atoms with Crippen molar-refractivity contribution in [1.82, 2.24) is 15.1 Å². The van der Waals surface area contributed by atoms with Gasteiger partial charge in [0.25, 0.3) is 5.91 Å². The monoisotopic (exact) mass is 438 g/mol. The van der Waals surface area contributed by atoms with Gasteiger partial charge in [-0.3, -0.25) is 4.79 Å². The topological polar surface area (TPSA) is 77.4 Å². The van der Waals surface area contributed by atoms with Gasteiger partial charge in [-0.1, -0.05) is 18.9 Å². The SMILES string of the molecule is COc1ccc([C@H]2C[C@@H](C(F)(F)F)n3ncc(C(=O)NC4CCCC4)c3N2)cc1OC. The van der Waals surface area contributed by atoms with E-state index in [1.807, 2.05) is 0 Å². The number of aromatic nitrogens is 2. The minimum absolute atomic E-state index is 0.0479. The Bertz CT molecular complexity index is 954. The highest BCUT2D eigenvalue weighted by Gasteiger charge is 2.47. The maximum atomic E-state index is 13.9. The van der Waals surface area contributed by atoms with Crippen LogP contribution in [0.4, 0.5) is 19.0 Å². The number of fused-ring (bicyclic) bond motifs is 1. The number of methoxy groups -OCH3 is 2. The number of carbonyl (C=O) groups excluding carboxylic acids is 1. The lowest BCUT2D eigenvalue weighted by Gasteiger charge is -2.34. The molecule has 1 aliphatic carbocycles. The Balaban J connectivity index is 1.68. The van der Waals surface area contributed by atoms with E-state index in [-0.39, 0.29) is 23.8 Å². The van der Waals surface area contributed by atoms with Gasteiger partial charge in [-0.25, -0.2) is 4.68 Å². The minimum atomic E-state index is -4.52. The van der Waals surface area contributed by atoms with Crippen molar-refractivity contribution >= 4 is 11.7 Å². The predicted octanol–water partition coefficient (Wildman–Crippen LogP) is 4.23. The molecule has 0 saturated heterocycles. The highest BCUT2D eigenvalue weighted by atomic mass is 19.4. The van der Waals surface area contributed by atoms with E-state index in [2.05, 4.69) is 15.7 Å². The first-order valence-electron chi connectivity index (χ1n) is 10.3. The predicted molar refractivity (Wildman–Crippen MR) is 108 cm³/mol. The van der Waals surface area contributed by atoms with Crippen LogP contribution in [-0.4, -0.2) is 42.1 Å². The van der Waals surface area contributed by atoms with E-state index in [0.717, 1.165) is 30.4 Å². The van der Waals surface area contributed by atoms with E-state index >= 15 is 0 Å².